The second-order valence-electron chi connectivity index (χ2n) is 2.57. The molecule has 0 aromatic rings. The van der Waals surface area contributed by atoms with Crippen molar-refractivity contribution >= 4 is 47.8 Å². The molecule has 0 aliphatic carbocycles. The molecule has 9 heavy (non-hydrogen) atoms. The Bertz CT molecular complexity index is 82.8. The van der Waals surface area contributed by atoms with E-state index in [-0.39, 0.29) is 2.14 Å². The lowest BCUT2D eigenvalue weighted by Gasteiger charge is -2.24. The van der Waals surface area contributed by atoms with Gasteiger partial charge in [0, 0.05) is 0 Å². The van der Waals surface area contributed by atoms with E-state index in [1.165, 1.54) is 0 Å². The molecule has 0 heterocycles. The summed E-state index contributed by atoms with van der Waals surface area (Å²) < 4.78 is -0.0822. The van der Waals surface area contributed by atoms with Crippen molar-refractivity contribution in [3.63, 3.8) is 0 Å². The van der Waals surface area contributed by atoms with Gasteiger partial charge in [-0.25, -0.2) is 0 Å². The Balaban J connectivity index is 3.88. The van der Waals surface area contributed by atoms with Crippen LogP contribution in [-0.4, -0.2) is 2.14 Å². The lowest BCUT2D eigenvalue weighted by molar-refractivity contribution is 0.446. The van der Waals surface area contributed by atoms with E-state index < -0.39 is 0 Å². The molecule has 0 spiro atoms. The molecule has 0 amide bonds. The predicted molar refractivity (Wildman–Crippen MR) is 53.5 cm³/mol. The standard InChI is InChI=1S/C6H11Br3/c1-4(2)5(3)6(7,8)9/h4-5H,1-3H3. The Morgan fingerprint density at radius 2 is 1.33 bits per heavy atom. The topological polar surface area (TPSA) is 0 Å². The summed E-state index contributed by atoms with van der Waals surface area (Å²) >= 11 is 10.4. The molecule has 0 aromatic carbocycles. The van der Waals surface area contributed by atoms with Crippen LogP contribution in [0.3, 0.4) is 0 Å². The summed E-state index contributed by atoms with van der Waals surface area (Å²) in [5, 5.41) is 0. The third kappa shape index (κ3) is 3.99. The highest BCUT2D eigenvalue weighted by molar-refractivity contribution is 9.39. The van der Waals surface area contributed by atoms with E-state index in [4.69, 9.17) is 0 Å². The van der Waals surface area contributed by atoms with Crippen molar-refractivity contribution in [1.82, 2.24) is 0 Å². The van der Waals surface area contributed by atoms with E-state index in [1.807, 2.05) is 0 Å². The summed E-state index contributed by atoms with van der Waals surface area (Å²) in [6.07, 6.45) is 0. The Morgan fingerprint density at radius 3 is 1.33 bits per heavy atom. The molecule has 0 aliphatic rings. The molecule has 0 radical (unpaired) electrons. The van der Waals surface area contributed by atoms with E-state index in [1.54, 1.807) is 0 Å². The molecule has 0 rings (SSSR count). The van der Waals surface area contributed by atoms with Crippen molar-refractivity contribution in [2.24, 2.45) is 11.8 Å². The number of rotatable bonds is 1. The van der Waals surface area contributed by atoms with Gasteiger partial charge >= 0.3 is 0 Å². The summed E-state index contributed by atoms with van der Waals surface area (Å²) in [4.78, 5) is 0. The summed E-state index contributed by atoms with van der Waals surface area (Å²) in [7, 11) is 0. The number of hydrogen-bond acceptors (Lipinski definition) is 0. The zero-order valence-electron chi connectivity index (χ0n) is 5.79. The van der Waals surface area contributed by atoms with E-state index in [2.05, 4.69) is 68.6 Å². The SMILES string of the molecule is CC(C)C(C)C(Br)(Br)Br. The lowest BCUT2D eigenvalue weighted by Crippen LogP contribution is -2.19. The van der Waals surface area contributed by atoms with Gasteiger partial charge in [0.2, 0.25) is 0 Å². The minimum atomic E-state index is -0.0822. The van der Waals surface area contributed by atoms with Crippen molar-refractivity contribution in [2.45, 2.75) is 22.9 Å². The number of alkyl halides is 3. The second-order valence-corrected chi connectivity index (χ2v) is 9.52. The first-order valence-corrected chi connectivity index (χ1v) is 5.30. The van der Waals surface area contributed by atoms with Crippen LogP contribution >= 0.6 is 47.8 Å². The molecule has 0 aromatic heterocycles. The Morgan fingerprint density at radius 1 is 1.00 bits per heavy atom. The second kappa shape index (κ2) is 3.72. The minimum Gasteiger partial charge on any atom is -0.0624 e. The first kappa shape index (κ1) is 10.4. The fraction of sp³-hybridized carbons (Fsp3) is 1.00. The van der Waals surface area contributed by atoms with Gasteiger partial charge in [-0.15, -0.1) is 0 Å². The van der Waals surface area contributed by atoms with E-state index in [9.17, 15) is 0 Å². The summed E-state index contributed by atoms with van der Waals surface area (Å²) in [6, 6.07) is 0. The van der Waals surface area contributed by atoms with Gasteiger partial charge in [0.1, 0.15) is 2.14 Å². The van der Waals surface area contributed by atoms with Gasteiger partial charge in [0.15, 0.2) is 0 Å². The van der Waals surface area contributed by atoms with E-state index in [0.717, 1.165) is 0 Å². The first-order valence-electron chi connectivity index (χ1n) is 2.92. The van der Waals surface area contributed by atoms with Crippen LogP contribution in [0.1, 0.15) is 20.8 Å². The van der Waals surface area contributed by atoms with Crippen molar-refractivity contribution in [3.05, 3.63) is 0 Å². The highest BCUT2D eigenvalue weighted by Gasteiger charge is 2.28. The summed E-state index contributed by atoms with van der Waals surface area (Å²) in [6.45, 7) is 6.58. The highest BCUT2D eigenvalue weighted by atomic mass is 80.0. The van der Waals surface area contributed by atoms with Gasteiger partial charge < -0.3 is 0 Å². The largest absolute Gasteiger partial charge is 0.137 e. The van der Waals surface area contributed by atoms with Gasteiger partial charge in [-0.3, -0.25) is 0 Å². The van der Waals surface area contributed by atoms with Gasteiger partial charge in [-0.05, 0) is 11.8 Å². The quantitative estimate of drug-likeness (QED) is 0.637. The molecule has 0 saturated heterocycles. The van der Waals surface area contributed by atoms with Crippen LogP contribution in [0, 0.1) is 11.8 Å². The zero-order valence-corrected chi connectivity index (χ0v) is 10.5. The van der Waals surface area contributed by atoms with Gasteiger partial charge in [0.05, 0.1) is 0 Å². The fourth-order valence-electron chi connectivity index (χ4n) is 0.378. The molecular weight excluding hydrogens is 312 g/mol. The van der Waals surface area contributed by atoms with E-state index in [0.29, 0.717) is 11.8 Å². The zero-order chi connectivity index (χ0) is 7.65. The van der Waals surface area contributed by atoms with Gasteiger partial charge in [-0.1, -0.05) is 68.6 Å². The summed E-state index contributed by atoms with van der Waals surface area (Å²) in [5.74, 6) is 1.24. The van der Waals surface area contributed by atoms with Gasteiger partial charge in [-0.2, -0.15) is 0 Å². The van der Waals surface area contributed by atoms with Crippen LogP contribution in [0.5, 0.6) is 0 Å². The minimum absolute atomic E-state index is 0.0822. The lowest BCUT2D eigenvalue weighted by atomic mass is 10.0. The average molecular weight is 323 g/mol. The maximum Gasteiger partial charge on any atom is 0.137 e. The third-order valence-corrected chi connectivity index (χ3v) is 3.68. The van der Waals surface area contributed by atoms with Crippen LogP contribution in [0.2, 0.25) is 0 Å². The van der Waals surface area contributed by atoms with Crippen LogP contribution in [-0.2, 0) is 0 Å². The maximum atomic E-state index is 3.48. The van der Waals surface area contributed by atoms with Crippen molar-refractivity contribution in [2.75, 3.05) is 0 Å². The molecule has 56 valence electrons. The third-order valence-electron chi connectivity index (χ3n) is 1.52. The normalized spacial score (nSPS) is 16.3. The molecule has 0 fully saturated rings. The predicted octanol–water partition coefficient (Wildman–Crippen LogP) is 4.12. The number of halogens is 3. The highest BCUT2D eigenvalue weighted by Crippen LogP contribution is 2.43. The molecule has 0 N–H and O–H groups in total. The average Bonchev–Trinajstić information content (AvgIpc) is 1.62. The first-order chi connectivity index (χ1) is 3.85. The number of hydrogen-bond donors (Lipinski definition) is 0. The van der Waals surface area contributed by atoms with Crippen molar-refractivity contribution in [1.29, 1.82) is 0 Å². The van der Waals surface area contributed by atoms with Crippen LogP contribution in [0.15, 0.2) is 0 Å². The molecule has 0 saturated carbocycles. The molecule has 1 atom stereocenters. The van der Waals surface area contributed by atoms with E-state index >= 15 is 0 Å². The molecule has 0 nitrogen and oxygen atoms in total. The van der Waals surface area contributed by atoms with Crippen LogP contribution in [0.25, 0.3) is 0 Å². The molecule has 0 aliphatic heterocycles. The van der Waals surface area contributed by atoms with Gasteiger partial charge in [0.25, 0.3) is 0 Å². The molecule has 3 heteroatoms. The fourth-order valence-corrected chi connectivity index (χ4v) is 1.96. The Kier molecular flexibility index (Phi) is 4.32. The Labute approximate surface area is 82.2 Å². The van der Waals surface area contributed by atoms with Crippen LogP contribution in [0.4, 0.5) is 0 Å². The molecule has 0 bridgehead atoms. The van der Waals surface area contributed by atoms with Crippen molar-refractivity contribution < 1.29 is 0 Å². The molecule has 1 unspecified atom stereocenters. The monoisotopic (exact) mass is 320 g/mol. The van der Waals surface area contributed by atoms with Crippen molar-refractivity contribution in [3.8, 4) is 0 Å². The smallest absolute Gasteiger partial charge is 0.0624 e. The Hall–Kier alpha value is 1.44. The maximum absolute atomic E-state index is 3.48. The van der Waals surface area contributed by atoms with Crippen LogP contribution < -0.4 is 0 Å². The molecular formula is C6H11Br3. The summed E-state index contributed by atoms with van der Waals surface area (Å²) in [5.41, 5.74) is 0.